The summed E-state index contributed by atoms with van der Waals surface area (Å²) in [4.78, 5) is 3.98. The van der Waals surface area contributed by atoms with Gasteiger partial charge in [-0.1, -0.05) is 19.9 Å². The van der Waals surface area contributed by atoms with Crippen LogP contribution in [-0.2, 0) is 0 Å². The van der Waals surface area contributed by atoms with Crippen molar-refractivity contribution in [1.82, 2.24) is 4.98 Å². The largest absolute Gasteiger partial charge is 0.468 e. The fraction of sp³-hybridized carbons (Fsp3) is 0.545. The Balaban J connectivity index is 2.88. The van der Waals surface area contributed by atoms with Gasteiger partial charge in [-0.3, -0.25) is 0 Å². The van der Waals surface area contributed by atoms with E-state index in [0.29, 0.717) is 11.3 Å². The van der Waals surface area contributed by atoms with Gasteiger partial charge in [0, 0.05) is 11.3 Å². The molecule has 0 aliphatic heterocycles. The summed E-state index contributed by atoms with van der Waals surface area (Å²) in [6.07, 6.45) is -4.33. The van der Waals surface area contributed by atoms with Gasteiger partial charge in [-0.05, 0) is 18.9 Å². The Morgan fingerprint density at radius 1 is 1.31 bits per heavy atom. The Kier molecular flexibility index (Phi) is 3.78. The Hall–Kier alpha value is -1.26. The van der Waals surface area contributed by atoms with Crippen LogP contribution in [0, 0.1) is 6.92 Å². The molecule has 0 bridgehead atoms. The van der Waals surface area contributed by atoms with Gasteiger partial charge < -0.3 is 4.74 Å². The third-order valence-corrected chi connectivity index (χ3v) is 2.02. The molecule has 90 valence electrons. The maximum Gasteiger partial charge on any atom is 0.422 e. The number of ether oxygens (including phenoxy) is 1. The number of nitrogens with zero attached hydrogens (tertiary/aromatic N) is 1. The minimum Gasteiger partial charge on any atom is -0.468 e. The lowest BCUT2D eigenvalue weighted by molar-refractivity contribution is -0.154. The van der Waals surface area contributed by atoms with Crippen LogP contribution in [0.25, 0.3) is 0 Å². The number of halogens is 3. The Morgan fingerprint density at radius 3 is 2.44 bits per heavy atom. The molecule has 0 aromatic carbocycles. The average molecular weight is 233 g/mol. The minimum absolute atomic E-state index is 0.0762. The van der Waals surface area contributed by atoms with Gasteiger partial charge >= 0.3 is 6.18 Å². The molecule has 0 amide bonds. The SMILES string of the molecule is Cc1ccc(C(C)C)c(OCC(F)(F)F)n1. The molecule has 1 aromatic heterocycles. The smallest absolute Gasteiger partial charge is 0.422 e. The summed E-state index contributed by atoms with van der Waals surface area (Å²) < 4.78 is 40.8. The van der Waals surface area contributed by atoms with E-state index in [-0.39, 0.29) is 11.8 Å². The predicted molar refractivity (Wildman–Crippen MR) is 54.6 cm³/mol. The normalized spacial score (nSPS) is 11.9. The average Bonchev–Trinajstić information content (AvgIpc) is 2.13. The fourth-order valence-electron chi connectivity index (χ4n) is 1.25. The van der Waals surface area contributed by atoms with E-state index in [1.165, 1.54) is 0 Å². The molecule has 1 aromatic rings. The molecule has 0 unspecified atom stereocenters. The van der Waals surface area contributed by atoms with Crippen molar-refractivity contribution in [2.45, 2.75) is 32.9 Å². The zero-order valence-corrected chi connectivity index (χ0v) is 9.43. The Labute approximate surface area is 92.5 Å². The topological polar surface area (TPSA) is 22.1 Å². The molecule has 2 nitrogen and oxygen atoms in total. The number of hydrogen-bond donors (Lipinski definition) is 0. The highest BCUT2D eigenvalue weighted by molar-refractivity contribution is 5.30. The molecule has 0 fully saturated rings. The van der Waals surface area contributed by atoms with E-state index >= 15 is 0 Å². The Bertz CT molecular complexity index is 361. The Morgan fingerprint density at radius 2 is 1.94 bits per heavy atom. The number of rotatable bonds is 3. The molecule has 0 N–H and O–H groups in total. The monoisotopic (exact) mass is 233 g/mol. The molecule has 16 heavy (non-hydrogen) atoms. The van der Waals surface area contributed by atoms with Crippen molar-refractivity contribution >= 4 is 0 Å². The highest BCUT2D eigenvalue weighted by atomic mass is 19.4. The van der Waals surface area contributed by atoms with Crippen LogP contribution in [0.3, 0.4) is 0 Å². The first-order valence-electron chi connectivity index (χ1n) is 4.96. The number of alkyl halides is 3. The molecule has 1 heterocycles. The minimum atomic E-state index is -4.33. The standard InChI is InChI=1S/C11H14F3NO/c1-7(2)9-5-4-8(3)15-10(9)16-6-11(12,13)14/h4-5,7H,6H2,1-3H3. The van der Waals surface area contributed by atoms with Crippen molar-refractivity contribution in [3.63, 3.8) is 0 Å². The van der Waals surface area contributed by atoms with Crippen molar-refractivity contribution in [1.29, 1.82) is 0 Å². The molecule has 5 heteroatoms. The van der Waals surface area contributed by atoms with Crippen LogP contribution in [0.4, 0.5) is 13.2 Å². The highest BCUT2D eigenvalue weighted by Gasteiger charge is 2.29. The second kappa shape index (κ2) is 4.72. The molecule has 0 spiro atoms. The van der Waals surface area contributed by atoms with Crippen LogP contribution >= 0.6 is 0 Å². The van der Waals surface area contributed by atoms with E-state index < -0.39 is 12.8 Å². The molecule has 1 rings (SSSR count). The van der Waals surface area contributed by atoms with Gasteiger partial charge in [0.2, 0.25) is 5.88 Å². The van der Waals surface area contributed by atoms with E-state index in [1.54, 1.807) is 19.1 Å². The van der Waals surface area contributed by atoms with Crippen molar-refractivity contribution in [2.75, 3.05) is 6.61 Å². The van der Waals surface area contributed by atoms with Gasteiger partial charge in [0.25, 0.3) is 0 Å². The molecule has 0 saturated carbocycles. The number of pyridine rings is 1. The van der Waals surface area contributed by atoms with Crippen molar-refractivity contribution in [2.24, 2.45) is 0 Å². The van der Waals surface area contributed by atoms with Crippen LogP contribution in [-0.4, -0.2) is 17.8 Å². The second-order valence-electron chi connectivity index (χ2n) is 3.91. The summed E-state index contributed by atoms with van der Waals surface area (Å²) in [5, 5.41) is 0. The van der Waals surface area contributed by atoms with Crippen LogP contribution in [0.15, 0.2) is 12.1 Å². The van der Waals surface area contributed by atoms with Gasteiger partial charge in [-0.2, -0.15) is 13.2 Å². The molecular formula is C11H14F3NO. The summed E-state index contributed by atoms with van der Waals surface area (Å²) in [6.45, 7) is 4.17. The first kappa shape index (κ1) is 12.8. The lowest BCUT2D eigenvalue weighted by Gasteiger charge is -2.14. The third kappa shape index (κ3) is 3.72. The predicted octanol–water partition coefficient (Wildman–Crippen LogP) is 3.45. The second-order valence-corrected chi connectivity index (χ2v) is 3.91. The quantitative estimate of drug-likeness (QED) is 0.797. The van der Waals surface area contributed by atoms with Gasteiger partial charge in [-0.15, -0.1) is 0 Å². The maximum atomic E-state index is 12.0. The van der Waals surface area contributed by atoms with Crippen LogP contribution in [0.1, 0.15) is 31.0 Å². The highest BCUT2D eigenvalue weighted by Crippen LogP contribution is 2.26. The molecule has 0 atom stereocenters. The number of aromatic nitrogens is 1. The summed E-state index contributed by atoms with van der Waals surface area (Å²) in [5.41, 5.74) is 1.33. The maximum absolute atomic E-state index is 12.0. The van der Waals surface area contributed by atoms with E-state index in [4.69, 9.17) is 4.74 Å². The fourth-order valence-corrected chi connectivity index (χ4v) is 1.25. The van der Waals surface area contributed by atoms with Gasteiger partial charge in [0.15, 0.2) is 6.61 Å². The van der Waals surface area contributed by atoms with Crippen LogP contribution in [0.2, 0.25) is 0 Å². The van der Waals surface area contributed by atoms with E-state index in [2.05, 4.69) is 4.98 Å². The van der Waals surface area contributed by atoms with Gasteiger partial charge in [0.1, 0.15) is 0 Å². The molecule has 0 aliphatic rings. The lowest BCUT2D eigenvalue weighted by atomic mass is 10.0. The van der Waals surface area contributed by atoms with E-state index in [1.807, 2.05) is 13.8 Å². The molecular weight excluding hydrogens is 219 g/mol. The molecule has 0 radical (unpaired) electrons. The van der Waals surface area contributed by atoms with E-state index in [0.717, 1.165) is 0 Å². The first-order valence-corrected chi connectivity index (χ1v) is 4.96. The van der Waals surface area contributed by atoms with E-state index in [9.17, 15) is 13.2 Å². The van der Waals surface area contributed by atoms with Crippen molar-refractivity contribution < 1.29 is 17.9 Å². The van der Waals surface area contributed by atoms with Gasteiger partial charge in [0.05, 0.1) is 0 Å². The van der Waals surface area contributed by atoms with Crippen molar-refractivity contribution in [3.8, 4) is 5.88 Å². The van der Waals surface area contributed by atoms with Crippen molar-refractivity contribution in [3.05, 3.63) is 23.4 Å². The zero-order valence-electron chi connectivity index (χ0n) is 9.43. The summed E-state index contributed by atoms with van der Waals surface area (Å²) in [5.74, 6) is 0.156. The number of aryl methyl sites for hydroxylation is 1. The number of hydrogen-bond acceptors (Lipinski definition) is 2. The molecule has 0 aliphatic carbocycles. The third-order valence-electron chi connectivity index (χ3n) is 2.02. The summed E-state index contributed by atoms with van der Waals surface area (Å²) in [7, 11) is 0. The zero-order chi connectivity index (χ0) is 12.3. The van der Waals surface area contributed by atoms with Gasteiger partial charge in [-0.25, -0.2) is 4.98 Å². The lowest BCUT2D eigenvalue weighted by Crippen LogP contribution is -2.20. The van der Waals surface area contributed by atoms with Crippen LogP contribution in [0.5, 0.6) is 5.88 Å². The first-order chi connectivity index (χ1) is 7.29. The molecule has 0 saturated heterocycles. The summed E-state index contributed by atoms with van der Waals surface area (Å²) in [6, 6.07) is 3.51. The van der Waals surface area contributed by atoms with Crippen LogP contribution < -0.4 is 4.74 Å². The summed E-state index contributed by atoms with van der Waals surface area (Å²) >= 11 is 0.